The lowest BCUT2D eigenvalue weighted by atomic mass is 9.86. The largest absolute Gasteiger partial charge is 0.326 e. The summed E-state index contributed by atoms with van der Waals surface area (Å²) in [5, 5.41) is 1.93. The summed E-state index contributed by atoms with van der Waals surface area (Å²) in [6.45, 7) is 7.30. The molecule has 31 heavy (non-hydrogen) atoms. The maximum Gasteiger partial charge on any atom is 0.326 e. The van der Waals surface area contributed by atoms with Crippen LogP contribution in [-0.2, 0) is 19.8 Å². The summed E-state index contributed by atoms with van der Waals surface area (Å²) in [5.41, 5.74) is 0.929. The lowest BCUT2D eigenvalue weighted by Crippen LogP contribution is -2.38. The molecule has 0 bridgehead atoms. The highest BCUT2D eigenvalue weighted by Gasteiger charge is 2.46. The van der Waals surface area contributed by atoms with E-state index >= 15 is 0 Å². The number of carbonyl (C=O) groups is 4. The van der Waals surface area contributed by atoms with Crippen LogP contribution in [0.25, 0.3) is 0 Å². The molecule has 1 fully saturated rings. The van der Waals surface area contributed by atoms with Gasteiger partial charge in [-0.25, -0.2) is 14.2 Å². The maximum atomic E-state index is 14.3. The fourth-order valence-electron chi connectivity index (χ4n) is 3.05. The van der Waals surface area contributed by atoms with Gasteiger partial charge in [0, 0.05) is 18.6 Å². The summed E-state index contributed by atoms with van der Waals surface area (Å²) in [6.07, 6.45) is 0. The molecule has 7 nitrogen and oxygen atoms in total. The van der Waals surface area contributed by atoms with E-state index in [-0.39, 0.29) is 27.5 Å². The molecule has 0 aliphatic carbocycles. The van der Waals surface area contributed by atoms with Crippen LogP contribution in [-0.4, -0.2) is 33.6 Å². The van der Waals surface area contributed by atoms with Crippen LogP contribution >= 0.6 is 12.2 Å². The van der Waals surface area contributed by atoms with E-state index in [1.54, 1.807) is 24.3 Å². The van der Waals surface area contributed by atoms with Gasteiger partial charge < -0.3 is 5.32 Å². The number of halogens is 1. The molecule has 1 saturated heterocycles. The minimum atomic E-state index is -1.12. The molecule has 3 rings (SSSR count). The first-order valence-corrected chi connectivity index (χ1v) is 9.77. The van der Waals surface area contributed by atoms with Crippen LogP contribution in [0, 0.1) is 5.82 Å². The number of rotatable bonds is 3. The summed E-state index contributed by atoms with van der Waals surface area (Å²) in [6, 6.07) is 10.2. The molecule has 0 saturated carbocycles. The number of anilines is 2. The smallest absolute Gasteiger partial charge is 0.324 e. The summed E-state index contributed by atoms with van der Waals surface area (Å²) in [7, 11) is 0. The third kappa shape index (κ3) is 4.22. The number of imide groups is 1. The molecule has 4 amide bonds. The Bertz CT molecular complexity index is 1120. The highest BCUT2D eigenvalue weighted by molar-refractivity contribution is 7.80. The van der Waals surface area contributed by atoms with E-state index in [0.29, 0.717) is 4.90 Å². The maximum absolute atomic E-state index is 14.3. The third-order valence-corrected chi connectivity index (χ3v) is 5.06. The van der Waals surface area contributed by atoms with Crippen molar-refractivity contribution in [1.29, 1.82) is 0 Å². The number of nitrogens with one attached hydrogen (secondary N) is 1. The van der Waals surface area contributed by atoms with Crippen LogP contribution in [0.5, 0.6) is 0 Å². The molecule has 2 aromatic carbocycles. The normalized spacial score (nSPS) is 14.3. The fourth-order valence-corrected chi connectivity index (χ4v) is 3.40. The lowest BCUT2D eigenvalue weighted by Gasteiger charge is -2.20. The van der Waals surface area contributed by atoms with Gasteiger partial charge in [-0.2, -0.15) is 0 Å². The van der Waals surface area contributed by atoms with Crippen molar-refractivity contribution in [3.63, 3.8) is 0 Å². The van der Waals surface area contributed by atoms with Crippen molar-refractivity contribution >= 4 is 52.3 Å². The first-order valence-electron chi connectivity index (χ1n) is 9.36. The van der Waals surface area contributed by atoms with E-state index in [1.165, 1.54) is 19.1 Å². The van der Waals surface area contributed by atoms with Gasteiger partial charge in [-0.3, -0.25) is 19.2 Å². The van der Waals surface area contributed by atoms with Crippen molar-refractivity contribution in [3.8, 4) is 0 Å². The van der Waals surface area contributed by atoms with Crippen LogP contribution in [0.1, 0.15) is 43.6 Å². The van der Waals surface area contributed by atoms with Gasteiger partial charge in [0.1, 0.15) is 5.82 Å². The van der Waals surface area contributed by atoms with E-state index in [0.717, 1.165) is 16.5 Å². The molecule has 2 aromatic rings. The molecule has 0 spiro atoms. The first-order chi connectivity index (χ1) is 14.4. The van der Waals surface area contributed by atoms with Crippen LogP contribution < -0.4 is 10.2 Å². The van der Waals surface area contributed by atoms with Gasteiger partial charge in [0.2, 0.25) is 5.91 Å². The van der Waals surface area contributed by atoms with E-state index in [2.05, 4.69) is 5.32 Å². The first kappa shape index (κ1) is 22.2. The average molecular weight is 441 g/mol. The quantitative estimate of drug-likeness (QED) is 0.448. The third-order valence-electron chi connectivity index (χ3n) is 4.69. The second-order valence-corrected chi connectivity index (χ2v) is 8.41. The second kappa shape index (κ2) is 7.99. The zero-order valence-electron chi connectivity index (χ0n) is 17.4. The van der Waals surface area contributed by atoms with Crippen molar-refractivity contribution < 1.29 is 23.6 Å². The Hall–Kier alpha value is -3.46. The Balaban J connectivity index is 1.90. The molecular weight excluding hydrogens is 421 g/mol. The number of nitrogens with zero attached hydrogens (tertiary/aromatic N) is 2. The summed E-state index contributed by atoms with van der Waals surface area (Å²) < 4.78 is 14.3. The number of hydrogen-bond acceptors (Lipinski definition) is 5. The molecule has 1 aliphatic rings. The van der Waals surface area contributed by atoms with Gasteiger partial charge in [0.05, 0.1) is 11.4 Å². The molecule has 0 unspecified atom stereocenters. The van der Waals surface area contributed by atoms with Crippen molar-refractivity contribution in [2.45, 2.75) is 33.1 Å². The Kier molecular flexibility index (Phi) is 5.73. The summed E-state index contributed by atoms with van der Waals surface area (Å²) in [5.74, 6) is -4.23. The summed E-state index contributed by atoms with van der Waals surface area (Å²) >= 11 is 5.20. The van der Waals surface area contributed by atoms with Crippen molar-refractivity contribution in [1.82, 2.24) is 4.90 Å². The molecule has 1 aliphatic heterocycles. The number of amides is 4. The highest BCUT2D eigenvalue weighted by atomic mass is 32.1. The van der Waals surface area contributed by atoms with E-state index in [9.17, 15) is 23.6 Å². The average Bonchev–Trinajstić information content (AvgIpc) is 2.91. The van der Waals surface area contributed by atoms with Crippen molar-refractivity contribution in [2.24, 2.45) is 0 Å². The molecule has 1 heterocycles. The minimum absolute atomic E-state index is 0.0340. The van der Waals surface area contributed by atoms with Gasteiger partial charge in [0.25, 0.3) is 5.91 Å². The van der Waals surface area contributed by atoms with Crippen LogP contribution in [0.15, 0.2) is 42.5 Å². The fraction of sp³-hybridized carbons (Fsp3) is 0.227. The number of hydrogen-bond donors (Lipinski definition) is 1. The molecule has 0 aromatic heterocycles. The van der Waals surface area contributed by atoms with E-state index < -0.39 is 29.4 Å². The molecule has 9 heteroatoms. The van der Waals surface area contributed by atoms with Crippen LogP contribution in [0.3, 0.4) is 0 Å². The number of benzene rings is 2. The zero-order chi connectivity index (χ0) is 23.1. The van der Waals surface area contributed by atoms with Gasteiger partial charge in [-0.15, -0.1) is 0 Å². The predicted molar refractivity (Wildman–Crippen MR) is 117 cm³/mol. The minimum Gasteiger partial charge on any atom is -0.324 e. The standard InChI is InChI=1S/C22H20FN3O4S/c1-12(27)24-17-10-9-15(11-16(17)23)25-19(29)20(30)26(21(25)31)18(28)13-5-7-14(8-6-13)22(2,3)4/h5-11H,1-4H3,(H,24,27). The van der Waals surface area contributed by atoms with Crippen LogP contribution in [0.2, 0.25) is 0 Å². The van der Waals surface area contributed by atoms with E-state index in [4.69, 9.17) is 12.2 Å². The number of carbonyl (C=O) groups excluding carboxylic acids is 4. The molecule has 0 radical (unpaired) electrons. The predicted octanol–water partition coefficient (Wildman–Crippen LogP) is 3.38. The number of thiocarbonyl (C=S) groups is 1. The van der Waals surface area contributed by atoms with E-state index in [1.807, 2.05) is 20.8 Å². The molecule has 1 N–H and O–H groups in total. The van der Waals surface area contributed by atoms with Gasteiger partial charge >= 0.3 is 11.8 Å². The molecule has 160 valence electrons. The topological polar surface area (TPSA) is 86.8 Å². The zero-order valence-corrected chi connectivity index (χ0v) is 18.2. The lowest BCUT2D eigenvalue weighted by molar-refractivity contribution is -0.138. The Labute approximate surface area is 183 Å². The monoisotopic (exact) mass is 441 g/mol. The highest BCUT2D eigenvalue weighted by Crippen LogP contribution is 2.28. The molecular formula is C22H20FN3O4S. The van der Waals surface area contributed by atoms with Crippen molar-refractivity contribution in [3.05, 3.63) is 59.4 Å². The van der Waals surface area contributed by atoms with Gasteiger partial charge in [-0.05, 0) is 47.5 Å². The van der Waals surface area contributed by atoms with Crippen molar-refractivity contribution in [2.75, 3.05) is 10.2 Å². The SMILES string of the molecule is CC(=O)Nc1ccc(N2C(=O)C(=O)N(C(=O)c3ccc(C(C)(C)C)cc3)C2=S)cc1F. The Morgan fingerprint density at radius 2 is 1.61 bits per heavy atom. The Morgan fingerprint density at radius 3 is 2.13 bits per heavy atom. The van der Waals surface area contributed by atoms with Gasteiger partial charge in [-0.1, -0.05) is 32.9 Å². The second-order valence-electron chi connectivity index (χ2n) is 8.04. The summed E-state index contributed by atoms with van der Waals surface area (Å²) in [4.78, 5) is 50.5. The molecule has 0 atom stereocenters. The van der Waals surface area contributed by atoms with Crippen LogP contribution in [0.4, 0.5) is 15.8 Å². The van der Waals surface area contributed by atoms with Gasteiger partial charge in [0.15, 0.2) is 5.11 Å². The Morgan fingerprint density at radius 1 is 1.00 bits per heavy atom.